The molecule has 4 nitrogen and oxygen atoms in total. The van der Waals surface area contributed by atoms with Crippen LogP contribution in [0.3, 0.4) is 0 Å². The van der Waals surface area contributed by atoms with Crippen LogP contribution in [0.2, 0.25) is 0 Å². The molecule has 4 heteroatoms. The van der Waals surface area contributed by atoms with Gasteiger partial charge in [0.2, 0.25) is 0 Å². The summed E-state index contributed by atoms with van der Waals surface area (Å²) in [7, 11) is 0. The molecule has 0 atom stereocenters. The van der Waals surface area contributed by atoms with E-state index in [0.29, 0.717) is 17.5 Å². The van der Waals surface area contributed by atoms with Gasteiger partial charge in [-0.2, -0.15) is 0 Å². The fourth-order valence-electron chi connectivity index (χ4n) is 3.29. The fraction of sp³-hybridized carbons (Fsp3) is 0.556. The molecule has 0 bridgehead atoms. The maximum atomic E-state index is 12.9. The number of rotatable bonds is 5. The number of carbonyl (C=O) groups is 2. The van der Waals surface area contributed by atoms with Crippen molar-refractivity contribution in [1.82, 2.24) is 4.90 Å². The summed E-state index contributed by atoms with van der Waals surface area (Å²) >= 11 is 0. The number of hydrogen-bond acceptors (Lipinski definition) is 2. The van der Waals surface area contributed by atoms with E-state index < -0.39 is 5.97 Å². The van der Waals surface area contributed by atoms with E-state index in [1.165, 1.54) is 44.2 Å². The lowest BCUT2D eigenvalue weighted by atomic mass is 9.93. The van der Waals surface area contributed by atoms with Crippen LogP contribution in [-0.4, -0.2) is 34.5 Å². The van der Waals surface area contributed by atoms with E-state index in [0.717, 1.165) is 19.4 Å². The van der Waals surface area contributed by atoms with Crippen molar-refractivity contribution in [1.29, 1.82) is 0 Å². The lowest BCUT2D eigenvalue weighted by Crippen LogP contribution is -2.42. The Morgan fingerprint density at radius 1 is 0.955 bits per heavy atom. The Balaban J connectivity index is 1.76. The van der Waals surface area contributed by atoms with Gasteiger partial charge in [0.05, 0.1) is 5.56 Å². The minimum atomic E-state index is -0.957. The molecule has 2 aliphatic carbocycles. The summed E-state index contributed by atoms with van der Waals surface area (Å²) in [6, 6.07) is 6.70. The summed E-state index contributed by atoms with van der Waals surface area (Å²) in [6.07, 6.45) is 8.35. The van der Waals surface area contributed by atoms with Gasteiger partial charge in [-0.25, -0.2) is 4.79 Å². The summed E-state index contributed by atoms with van der Waals surface area (Å²) in [5, 5.41) is 8.96. The summed E-state index contributed by atoms with van der Waals surface area (Å²) in [6.45, 7) is 0.865. The molecule has 0 aromatic heterocycles. The summed E-state index contributed by atoms with van der Waals surface area (Å²) < 4.78 is 0. The first-order chi connectivity index (χ1) is 10.6. The minimum Gasteiger partial charge on any atom is -0.478 e. The van der Waals surface area contributed by atoms with Crippen molar-refractivity contribution in [3.8, 4) is 0 Å². The highest BCUT2D eigenvalue weighted by atomic mass is 16.4. The smallest absolute Gasteiger partial charge is 0.335 e. The molecule has 0 aliphatic heterocycles. The topological polar surface area (TPSA) is 57.6 Å². The first-order valence-corrected chi connectivity index (χ1v) is 8.29. The number of carboxylic acid groups (broad SMARTS) is 1. The van der Waals surface area contributed by atoms with Gasteiger partial charge in [-0.15, -0.1) is 0 Å². The average molecular weight is 301 g/mol. The lowest BCUT2D eigenvalue weighted by molar-refractivity contribution is 0.0619. The molecule has 22 heavy (non-hydrogen) atoms. The van der Waals surface area contributed by atoms with Crippen molar-refractivity contribution in [3.63, 3.8) is 0 Å². The fourth-order valence-corrected chi connectivity index (χ4v) is 3.29. The highest BCUT2D eigenvalue weighted by Gasteiger charge is 2.32. The Morgan fingerprint density at radius 2 is 1.55 bits per heavy atom. The molecule has 1 aromatic carbocycles. The van der Waals surface area contributed by atoms with Crippen molar-refractivity contribution in [2.45, 2.75) is 51.0 Å². The molecule has 0 heterocycles. The summed E-state index contributed by atoms with van der Waals surface area (Å²) in [4.78, 5) is 25.9. The molecule has 1 amide bonds. The number of benzene rings is 1. The van der Waals surface area contributed by atoms with Gasteiger partial charge in [-0.05, 0) is 55.9 Å². The van der Waals surface area contributed by atoms with Crippen molar-refractivity contribution < 1.29 is 14.7 Å². The average Bonchev–Trinajstić information content (AvgIpc) is 3.37. The lowest BCUT2D eigenvalue weighted by Gasteiger charge is -2.34. The number of nitrogens with zero attached hydrogens (tertiary/aromatic N) is 1. The monoisotopic (exact) mass is 301 g/mol. The van der Waals surface area contributed by atoms with E-state index in [9.17, 15) is 9.59 Å². The Hall–Kier alpha value is -1.84. The SMILES string of the molecule is O=C(O)c1ccc(C(=O)N(CC2CC2)C2CCCCC2)cc1. The number of aromatic carboxylic acids is 1. The summed E-state index contributed by atoms with van der Waals surface area (Å²) in [5.74, 6) is -0.221. The number of amides is 1. The molecule has 3 rings (SSSR count). The zero-order valence-corrected chi connectivity index (χ0v) is 12.8. The molecule has 2 saturated carbocycles. The molecule has 0 unspecified atom stereocenters. The largest absolute Gasteiger partial charge is 0.478 e. The molecule has 0 saturated heterocycles. The van der Waals surface area contributed by atoms with Crippen molar-refractivity contribution >= 4 is 11.9 Å². The van der Waals surface area contributed by atoms with Gasteiger partial charge in [0.1, 0.15) is 0 Å². The molecule has 0 radical (unpaired) electrons. The van der Waals surface area contributed by atoms with E-state index in [1.807, 2.05) is 0 Å². The van der Waals surface area contributed by atoms with Crippen LogP contribution in [0, 0.1) is 5.92 Å². The van der Waals surface area contributed by atoms with Crippen LogP contribution in [0.5, 0.6) is 0 Å². The van der Waals surface area contributed by atoms with Gasteiger partial charge in [0.25, 0.3) is 5.91 Å². The van der Waals surface area contributed by atoms with Gasteiger partial charge >= 0.3 is 5.97 Å². The number of hydrogen-bond donors (Lipinski definition) is 1. The maximum Gasteiger partial charge on any atom is 0.335 e. The molecule has 2 fully saturated rings. The van der Waals surface area contributed by atoms with Crippen LogP contribution in [0.25, 0.3) is 0 Å². The normalized spacial score (nSPS) is 18.9. The quantitative estimate of drug-likeness (QED) is 0.904. The van der Waals surface area contributed by atoms with E-state index in [-0.39, 0.29) is 11.5 Å². The second-order valence-corrected chi connectivity index (χ2v) is 6.58. The first-order valence-electron chi connectivity index (χ1n) is 8.29. The molecular weight excluding hydrogens is 278 g/mol. The second kappa shape index (κ2) is 6.51. The van der Waals surface area contributed by atoms with E-state index in [4.69, 9.17) is 5.11 Å². The van der Waals surface area contributed by atoms with Crippen LogP contribution >= 0.6 is 0 Å². The predicted molar refractivity (Wildman–Crippen MR) is 84.0 cm³/mol. The number of carboxylic acids is 1. The third kappa shape index (κ3) is 3.49. The predicted octanol–water partition coefficient (Wildman–Crippen LogP) is 3.57. The Labute approximate surface area is 131 Å². The molecule has 2 aliphatic rings. The molecule has 1 aromatic rings. The minimum absolute atomic E-state index is 0.0655. The number of carbonyl (C=O) groups excluding carboxylic acids is 1. The zero-order chi connectivity index (χ0) is 15.5. The Kier molecular flexibility index (Phi) is 4.46. The van der Waals surface area contributed by atoms with E-state index >= 15 is 0 Å². The Morgan fingerprint density at radius 3 is 2.09 bits per heavy atom. The van der Waals surface area contributed by atoms with Crippen LogP contribution in [0.1, 0.15) is 65.7 Å². The third-order valence-corrected chi connectivity index (χ3v) is 4.81. The van der Waals surface area contributed by atoms with Crippen LogP contribution in [0.4, 0.5) is 0 Å². The van der Waals surface area contributed by atoms with Gasteiger partial charge in [0, 0.05) is 18.2 Å². The van der Waals surface area contributed by atoms with Crippen molar-refractivity contribution in [3.05, 3.63) is 35.4 Å². The van der Waals surface area contributed by atoms with Crippen LogP contribution in [0.15, 0.2) is 24.3 Å². The standard InChI is InChI=1S/C18H23NO3/c20-17(14-8-10-15(11-9-14)18(21)22)19(12-13-6-7-13)16-4-2-1-3-5-16/h8-11,13,16H,1-7,12H2,(H,21,22). The molecular formula is C18H23NO3. The van der Waals surface area contributed by atoms with Crippen LogP contribution in [-0.2, 0) is 0 Å². The van der Waals surface area contributed by atoms with Gasteiger partial charge in [-0.3, -0.25) is 4.79 Å². The van der Waals surface area contributed by atoms with Gasteiger partial charge in [0.15, 0.2) is 0 Å². The molecule has 0 spiro atoms. The van der Waals surface area contributed by atoms with Crippen molar-refractivity contribution in [2.24, 2.45) is 5.92 Å². The highest BCUT2D eigenvalue weighted by molar-refractivity contribution is 5.96. The van der Waals surface area contributed by atoms with Gasteiger partial charge < -0.3 is 10.0 Å². The third-order valence-electron chi connectivity index (χ3n) is 4.81. The maximum absolute atomic E-state index is 12.9. The molecule has 1 N–H and O–H groups in total. The zero-order valence-electron chi connectivity index (χ0n) is 12.8. The first kappa shape index (κ1) is 15.1. The van der Waals surface area contributed by atoms with Gasteiger partial charge in [-0.1, -0.05) is 19.3 Å². The Bertz CT molecular complexity index is 542. The van der Waals surface area contributed by atoms with Crippen LogP contribution < -0.4 is 0 Å². The summed E-state index contributed by atoms with van der Waals surface area (Å²) in [5.41, 5.74) is 0.833. The second-order valence-electron chi connectivity index (χ2n) is 6.58. The molecule has 118 valence electrons. The van der Waals surface area contributed by atoms with E-state index in [2.05, 4.69) is 4.90 Å². The highest BCUT2D eigenvalue weighted by Crippen LogP contribution is 2.33. The van der Waals surface area contributed by atoms with Crippen molar-refractivity contribution in [2.75, 3.05) is 6.54 Å². The van der Waals surface area contributed by atoms with E-state index in [1.54, 1.807) is 12.1 Å².